The molecule has 48 valence electrons. The van der Waals surface area contributed by atoms with Gasteiger partial charge in [-0.05, 0) is 26.3 Å². The molecule has 2 heteroatoms. The van der Waals surface area contributed by atoms with Crippen LogP contribution in [0.2, 0.25) is 0 Å². The third-order valence-corrected chi connectivity index (χ3v) is 1.81. The highest BCUT2D eigenvalue weighted by atomic mass is 16.4. The number of rotatable bonds is 0. The summed E-state index contributed by atoms with van der Waals surface area (Å²) in [5, 5.41) is 0. The summed E-state index contributed by atoms with van der Waals surface area (Å²) in [6.45, 7) is 6.20. The third-order valence-electron chi connectivity index (χ3n) is 1.81. The molecule has 0 aromatic carbocycles. The van der Waals surface area contributed by atoms with E-state index in [1.54, 1.807) is 0 Å². The second kappa shape index (κ2) is 2.30. The van der Waals surface area contributed by atoms with Crippen LogP contribution in [0.25, 0.3) is 0 Å². The molecule has 0 aliphatic carbocycles. The van der Waals surface area contributed by atoms with E-state index in [1.807, 2.05) is 6.92 Å². The summed E-state index contributed by atoms with van der Waals surface area (Å²) in [7, 11) is 0.745. The molecule has 0 aromatic rings. The summed E-state index contributed by atoms with van der Waals surface area (Å²) >= 11 is 0. The molecule has 1 nitrogen and oxygen atoms in total. The Bertz CT molecular complexity index is 179. The van der Waals surface area contributed by atoms with E-state index in [0.717, 1.165) is 13.2 Å². The first kappa shape index (κ1) is 6.46. The Kier molecular flexibility index (Phi) is 1.65. The van der Waals surface area contributed by atoms with Crippen LogP contribution in [-0.4, -0.2) is 7.48 Å². The van der Waals surface area contributed by atoms with E-state index >= 15 is 0 Å². The van der Waals surface area contributed by atoms with Crippen molar-refractivity contribution in [3.05, 3.63) is 22.9 Å². The SMILES string of the molecule is CC1=CBOC(C)=C1C. The van der Waals surface area contributed by atoms with Crippen LogP contribution < -0.4 is 0 Å². The minimum Gasteiger partial charge on any atom is -0.563 e. The lowest BCUT2D eigenvalue weighted by Crippen LogP contribution is -2.03. The van der Waals surface area contributed by atoms with E-state index < -0.39 is 0 Å². The van der Waals surface area contributed by atoms with Gasteiger partial charge in [0.1, 0.15) is 0 Å². The van der Waals surface area contributed by atoms with Crippen molar-refractivity contribution in [3.8, 4) is 0 Å². The van der Waals surface area contributed by atoms with E-state index in [1.165, 1.54) is 11.1 Å². The molecule has 0 atom stereocenters. The zero-order chi connectivity index (χ0) is 6.85. The number of hydrogen-bond donors (Lipinski definition) is 0. The molecule has 1 rings (SSSR count). The van der Waals surface area contributed by atoms with Gasteiger partial charge in [0.15, 0.2) is 0 Å². The lowest BCUT2D eigenvalue weighted by molar-refractivity contribution is 0.451. The molecule has 0 saturated carbocycles. The van der Waals surface area contributed by atoms with Gasteiger partial charge >= 0.3 is 7.48 Å². The molecule has 0 fully saturated rings. The maximum atomic E-state index is 5.26. The quantitative estimate of drug-likeness (QED) is 0.443. The van der Waals surface area contributed by atoms with Crippen LogP contribution in [0.3, 0.4) is 0 Å². The maximum Gasteiger partial charge on any atom is 0.366 e. The summed E-state index contributed by atoms with van der Waals surface area (Å²) in [6.07, 6.45) is 0. The molecule has 0 bridgehead atoms. The van der Waals surface area contributed by atoms with Crippen LogP contribution in [0.4, 0.5) is 0 Å². The third kappa shape index (κ3) is 1.18. The molecule has 0 amide bonds. The van der Waals surface area contributed by atoms with Gasteiger partial charge in [-0.3, -0.25) is 0 Å². The van der Waals surface area contributed by atoms with Gasteiger partial charge in [0.05, 0.1) is 5.76 Å². The minimum absolute atomic E-state index is 0.745. The Labute approximate surface area is 56.7 Å². The van der Waals surface area contributed by atoms with Crippen molar-refractivity contribution in [2.45, 2.75) is 20.8 Å². The Morgan fingerprint density at radius 1 is 1.33 bits per heavy atom. The van der Waals surface area contributed by atoms with Crippen LogP contribution >= 0.6 is 0 Å². The largest absolute Gasteiger partial charge is 0.563 e. The first-order chi connectivity index (χ1) is 4.22. The first-order valence-corrected chi connectivity index (χ1v) is 3.19. The zero-order valence-electron chi connectivity index (χ0n) is 6.19. The monoisotopic (exact) mass is 122 g/mol. The predicted molar refractivity (Wildman–Crippen MR) is 40.4 cm³/mol. The van der Waals surface area contributed by atoms with Crippen LogP contribution in [0, 0.1) is 0 Å². The van der Waals surface area contributed by atoms with Gasteiger partial charge in [0, 0.05) is 0 Å². The molecule has 1 aliphatic rings. The molecule has 0 spiro atoms. The highest BCUT2D eigenvalue weighted by Crippen LogP contribution is 2.17. The lowest BCUT2D eigenvalue weighted by atomic mass is 9.90. The summed E-state index contributed by atoms with van der Waals surface area (Å²) in [5.74, 6) is 3.16. The van der Waals surface area contributed by atoms with Gasteiger partial charge in [-0.25, -0.2) is 0 Å². The summed E-state index contributed by atoms with van der Waals surface area (Å²) in [6, 6.07) is 0. The van der Waals surface area contributed by atoms with Crippen LogP contribution in [0.15, 0.2) is 22.9 Å². The average Bonchev–Trinajstić information content (AvgIpc) is 1.83. The van der Waals surface area contributed by atoms with Crippen molar-refractivity contribution in [2.75, 3.05) is 0 Å². The first-order valence-electron chi connectivity index (χ1n) is 3.19. The fraction of sp³-hybridized carbons (Fsp3) is 0.429. The predicted octanol–water partition coefficient (Wildman–Crippen LogP) is 1.57. The van der Waals surface area contributed by atoms with Crippen LogP contribution in [-0.2, 0) is 4.65 Å². The molecular formula is C7H11BO. The molecule has 9 heavy (non-hydrogen) atoms. The normalized spacial score (nSPS) is 18.3. The van der Waals surface area contributed by atoms with Crippen molar-refractivity contribution in [1.29, 1.82) is 0 Å². The molecule has 1 heterocycles. The van der Waals surface area contributed by atoms with E-state index in [-0.39, 0.29) is 0 Å². The fourth-order valence-corrected chi connectivity index (χ4v) is 0.831. The lowest BCUT2D eigenvalue weighted by Gasteiger charge is -2.14. The van der Waals surface area contributed by atoms with E-state index in [4.69, 9.17) is 4.65 Å². The molecular weight excluding hydrogens is 111 g/mol. The van der Waals surface area contributed by atoms with Crippen molar-refractivity contribution in [3.63, 3.8) is 0 Å². The Hall–Kier alpha value is -0.655. The summed E-state index contributed by atoms with van der Waals surface area (Å²) in [4.78, 5) is 0. The highest BCUT2D eigenvalue weighted by Gasteiger charge is 2.05. The van der Waals surface area contributed by atoms with E-state index in [9.17, 15) is 0 Å². The molecule has 0 unspecified atom stereocenters. The second-order valence-corrected chi connectivity index (χ2v) is 2.38. The Morgan fingerprint density at radius 3 is 2.44 bits per heavy atom. The summed E-state index contributed by atoms with van der Waals surface area (Å²) in [5.41, 5.74) is 2.62. The smallest absolute Gasteiger partial charge is 0.366 e. The number of allylic oxidation sites excluding steroid dienone is 3. The average molecular weight is 122 g/mol. The second-order valence-electron chi connectivity index (χ2n) is 2.38. The van der Waals surface area contributed by atoms with Crippen molar-refractivity contribution >= 4 is 7.48 Å². The van der Waals surface area contributed by atoms with Gasteiger partial charge < -0.3 is 4.65 Å². The molecule has 0 radical (unpaired) electrons. The van der Waals surface area contributed by atoms with Gasteiger partial charge in [-0.15, -0.1) is 0 Å². The zero-order valence-corrected chi connectivity index (χ0v) is 6.19. The van der Waals surface area contributed by atoms with Crippen molar-refractivity contribution in [1.82, 2.24) is 0 Å². The summed E-state index contributed by atoms with van der Waals surface area (Å²) < 4.78 is 5.26. The molecule has 0 N–H and O–H groups in total. The maximum absolute atomic E-state index is 5.26. The molecule has 0 saturated heterocycles. The standard InChI is InChI=1S/C7H11BO/c1-5-4-8-9-7(3)6(5)2/h4,8H,1-3H3. The van der Waals surface area contributed by atoms with Crippen LogP contribution in [0.1, 0.15) is 20.8 Å². The Balaban J connectivity index is 2.88. The molecule has 0 aromatic heterocycles. The van der Waals surface area contributed by atoms with Gasteiger partial charge in [-0.2, -0.15) is 0 Å². The molecule has 1 aliphatic heterocycles. The van der Waals surface area contributed by atoms with Gasteiger partial charge in [-0.1, -0.05) is 11.5 Å². The Morgan fingerprint density at radius 2 is 2.00 bits per heavy atom. The highest BCUT2D eigenvalue weighted by molar-refractivity contribution is 6.35. The van der Waals surface area contributed by atoms with Gasteiger partial charge in [0.2, 0.25) is 0 Å². The fourth-order valence-electron chi connectivity index (χ4n) is 0.831. The van der Waals surface area contributed by atoms with E-state index in [2.05, 4.69) is 19.8 Å². The van der Waals surface area contributed by atoms with Gasteiger partial charge in [0.25, 0.3) is 0 Å². The van der Waals surface area contributed by atoms with Crippen LogP contribution in [0.5, 0.6) is 0 Å². The van der Waals surface area contributed by atoms with E-state index in [0.29, 0.717) is 0 Å². The minimum atomic E-state index is 0.745. The number of hydrogen-bond acceptors (Lipinski definition) is 1. The topological polar surface area (TPSA) is 9.23 Å². The van der Waals surface area contributed by atoms with Crippen molar-refractivity contribution in [2.24, 2.45) is 0 Å². The van der Waals surface area contributed by atoms with Crippen molar-refractivity contribution < 1.29 is 4.65 Å².